The zero-order chi connectivity index (χ0) is 13.0. The van der Waals surface area contributed by atoms with Gasteiger partial charge in [-0.15, -0.1) is 0 Å². The molecule has 0 saturated carbocycles. The number of rotatable bonds is 4. The molecule has 1 aromatic heterocycles. The lowest BCUT2D eigenvalue weighted by Gasteiger charge is -2.33. The number of nitrogens with zero attached hydrogens (tertiary/aromatic N) is 3. The Morgan fingerprint density at radius 3 is 3.17 bits per heavy atom. The summed E-state index contributed by atoms with van der Waals surface area (Å²) in [5.74, 6) is 6.86. The maximum atomic E-state index is 9.02. The number of anilines is 2. The number of hydrogen-bond donors (Lipinski definition) is 3. The molecule has 0 bridgehead atoms. The summed E-state index contributed by atoms with van der Waals surface area (Å²) >= 11 is 6.13. The number of aliphatic hydroxyl groups is 1. The van der Waals surface area contributed by atoms with Crippen LogP contribution in [0.1, 0.15) is 19.3 Å². The zero-order valence-corrected chi connectivity index (χ0v) is 10.9. The van der Waals surface area contributed by atoms with E-state index in [1.165, 1.54) is 0 Å². The van der Waals surface area contributed by atoms with Crippen molar-refractivity contribution in [2.24, 2.45) is 11.8 Å². The maximum absolute atomic E-state index is 9.02. The molecule has 1 aliphatic rings. The minimum Gasteiger partial charge on any atom is -0.396 e. The molecule has 4 N–H and O–H groups in total. The van der Waals surface area contributed by atoms with Gasteiger partial charge in [0.25, 0.3) is 0 Å². The highest BCUT2D eigenvalue weighted by Gasteiger charge is 2.22. The van der Waals surface area contributed by atoms with Crippen molar-refractivity contribution < 1.29 is 5.11 Å². The fourth-order valence-electron chi connectivity index (χ4n) is 2.33. The fourth-order valence-corrected chi connectivity index (χ4v) is 2.54. The van der Waals surface area contributed by atoms with Crippen LogP contribution in [0.5, 0.6) is 0 Å². The Kier molecular flexibility index (Phi) is 4.57. The summed E-state index contributed by atoms with van der Waals surface area (Å²) in [6, 6.07) is 0. The summed E-state index contributed by atoms with van der Waals surface area (Å²) in [4.78, 5) is 10.4. The first-order valence-corrected chi connectivity index (χ1v) is 6.47. The fraction of sp³-hybridized carbons (Fsp3) is 0.636. The monoisotopic (exact) mass is 271 g/mol. The highest BCUT2D eigenvalue weighted by molar-refractivity contribution is 6.32. The Morgan fingerprint density at radius 2 is 2.44 bits per heavy atom. The van der Waals surface area contributed by atoms with Crippen molar-refractivity contribution in [2.45, 2.75) is 19.3 Å². The Bertz CT molecular complexity index is 401. The molecule has 2 heterocycles. The van der Waals surface area contributed by atoms with E-state index in [0.717, 1.165) is 32.4 Å². The van der Waals surface area contributed by atoms with Gasteiger partial charge in [-0.25, -0.2) is 10.8 Å². The molecule has 1 unspecified atom stereocenters. The normalized spacial score (nSPS) is 19.9. The summed E-state index contributed by atoms with van der Waals surface area (Å²) in [5.41, 5.74) is 2.42. The smallest absolute Gasteiger partial charge is 0.239 e. The van der Waals surface area contributed by atoms with Gasteiger partial charge in [0.2, 0.25) is 5.95 Å². The number of hydrazine groups is 1. The zero-order valence-electron chi connectivity index (χ0n) is 10.1. The number of halogens is 1. The molecular formula is C11H18ClN5O. The molecule has 1 aliphatic heterocycles. The summed E-state index contributed by atoms with van der Waals surface area (Å²) in [6.45, 7) is 2.01. The summed E-state index contributed by atoms with van der Waals surface area (Å²) in [6.07, 6.45) is 4.59. The number of nitrogens with two attached hydrogens (primary N) is 1. The molecule has 1 fully saturated rings. The van der Waals surface area contributed by atoms with Crippen LogP contribution in [0.15, 0.2) is 6.20 Å². The van der Waals surface area contributed by atoms with Crippen LogP contribution < -0.4 is 16.2 Å². The first-order chi connectivity index (χ1) is 8.74. The van der Waals surface area contributed by atoms with Gasteiger partial charge >= 0.3 is 0 Å². The van der Waals surface area contributed by atoms with Crippen molar-refractivity contribution in [3.63, 3.8) is 0 Å². The number of nitrogens with one attached hydrogen (secondary N) is 1. The standard InChI is InChI=1S/C11H18ClN5O/c12-9-6-14-11(16-13)15-10(9)17-4-1-2-8(7-17)3-5-18/h6,8,18H,1-5,7,13H2,(H,14,15,16). The van der Waals surface area contributed by atoms with Crippen LogP contribution in [-0.4, -0.2) is 34.8 Å². The van der Waals surface area contributed by atoms with Crippen LogP contribution >= 0.6 is 11.6 Å². The predicted molar refractivity (Wildman–Crippen MR) is 71.5 cm³/mol. The summed E-state index contributed by atoms with van der Waals surface area (Å²) in [5, 5.41) is 9.54. The molecule has 1 saturated heterocycles. The van der Waals surface area contributed by atoms with E-state index in [4.69, 9.17) is 22.6 Å². The van der Waals surface area contributed by atoms with Crippen molar-refractivity contribution in [1.29, 1.82) is 0 Å². The molecule has 1 atom stereocenters. The van der Waals surface area contributed by atoms with Crippen molar-refractivity contribution in [2.75, 3.05) is 30.0 Å². The van der Waals surface area contributed by atoms with Gasteiger partial charge in [-0.05, 0) is 25.2 Å². The second-order valence-electron chi connectivity index (χ2n) is 4.48. The lowest BCUT2D eigenvalue weighted by atomic mass is 9.95. The molecule has 0 aromatic carbocycles. The highest BCUT2D eigenvalue weighted by Crippen LogP contribution is 2.29. The van der Waals surface area contributed by atoms with Gasteiger partial charge in [-0.1, -0.05) is 11.6 Å². The predicted octanol–water partition coefficient (Wildman–Crippen LogP) is 1.01. The van der Waals surface area contributed by atoms with Crippen LogP contribution in [0, 0.1) is 5.92 Å². The highest BCUT2D eigenvalue weighted by atomic mass is 35.5. The SMILES string of the molecule is NNc1ncc(Cl)c(N2CCCC(CCO)C2)n1. The number of nitrogen functional groups attached to an aromatic ring is 1. The van der Waals surface area contributed by atoms with Crippen LogP contribution in [0.4, 0.5) is 11.8 Å². The molecule has 1 aromatic rings. The minimum atomic E-state index is 0.228. The number of hydrogen-bond acceptors (Lipinski definition) is 6. The molecule has 6 nitrogen and oxygen atoms in total. The van der Waals surface area contributed by atoms with Gasteiger partial charge in [0.1, 0.15) is 5.02 Å². The van der Waals surface area contributed by atoms with Gasteiger partial charge in [-0.3, -0.25) is 5.43 Å². The third-order valence-electron chi connectivity index (χ3n) is 3.21. The third-order valence-corrected chi connectivity index (χ3v) is 3.48. The molecule has 100 valence electrons. The first-order valence-electron chi connectivity index (χ1n) is 6.09. The first kappa shape index (κ1) is 13.3. The third kappa shape index (κ3) is 3.01. The maximum Gasteiger partial charge on any atom is 0.239 e. The largest absolute Gasteiger partial charge is 0.396 e. The Morgan fingerprint density at radius 1 is 1.61 bits per heavy atom. The minimum absolute atomic E-state index is 0.228. The van der Waals surface area contributed by atoms with Gasteiger partial charge in [0, 0.05) is 19.7 Å². The van der Waals surface area contributed by atoms with Gasteiger partial charge in [0.15, 0.2) is 5.82 Å². The Balaban J connectivity index is 2.14. The molecule has 0 amide bonds. The number of aliphatic hydroxyl groups excluding tert-OH is 1. The van der Waals surface area contributed by atoms with E-state index in [2.05, 4.69) is 20.3 Å². The van der Waals surface area contributed by atoms with Gasteiger partial charge < -0.3 is 10.0 Å². The second kappa shape index (κ2) is 6.17. The van der Waals surface area contributed by atoms with E-state index in [9.17, 15) is 0 Å². The van der Waals surface area contributed by atoms with Gasteiger partial charge in [-0.2, -0.15) is 4.98 Å². The van der Waals surface area contributed by atoms with Crippen LogP contribution in [0.2, 0.25) is 5.02 Å². The van der Waals surface area contributed by atoms with Crippen LogP contribution in [0.25, 0.3) is 0 Å². The van der Waals surface area contributed by atoms with E-state index in [-0.39, 0.29) is 6.61 Å². The molecule has 18 heavy (non-hydrogen) atoms. The molecular weight excluding hydrogens is 254 g/mol. The second-order valence-corrected chi connectivity index (χ2v) is 4.88. The topological polar surface area (TPSA) is 87.3 Å². The van der Waals surface area contributed by atoms with E-state index in [0.29, 0.717) is 22.7 Å². The van der Waals surface area contributed by atoms with Crippen molar-refractivity contribution in [3.8, 4) is 0 Å². The lowest BCUT2D eigenvalue weighted by molar-refractivity contribution is 0.244. The Hall–Kier alpha value is -1.11. The van der Waals surface area contributed by atoms with E-state index >= 15 is 0 Å². The molecule has 0 aliphatic carbocycles. The van der Waals surface area contributed by atoms with Crippen molar-refractivity contribution in [1.82, 2.24) is 9.97 Å². The average Bonchev–Trinajstić information content (AvgIpc) is 2.40. The quantitative estimate of drug-likeness (QED) is 0.560. The molecule has 7 heteroatoms. The molecule has 0 spiro atoms. The van der Waals surface area contributed by atoms with Crippen molar-refractivity contribution in [3.05, 3.63) is 11.2 Å². The van der Waals surface area contributed by atoms with Gasteiger partial charge in [0.05, 0.1) is 6.20 Å². The van der Waals surface area contributed by atoms with E-state index in [1.807, 2.05) is 0 Å². The average molecular weight is 272 g/mol. The number of aromatic nitrogens is 2. The van der Waals surface area contributed by atoms with E-state index < -0.39 is 0 Å². The molecule has 0 radical (unpaired) electrons. The van der Waals surface area contributed by atoms with Crippen LogP contribution in [-0.2, 0) is 0 Å². The van der Waals surface area contributed by atoms with E-state index in [1.54, 1.807) is 6.20 Å². The summed E-state index contributed by atoms with van der Waals surface area (Å²) in [7, 11) is 0. The lowest BCUT2D eigenvalue weighted by Crippen LogP contribution is -2.36. The van der Waals surface area contributed by atoms with Crippen molar-refractivity contribution >= 4 is 23.4 Å². The number of piperidine rings is 1. The van der Waals surface area contributed by atoms with Crippen LogP contribution in [0.3, 0.4) is 0 Å². The summed E-state index contributed by atoms with van der Waals surface area (Å²) < 4.78 is 0. The molecule has 2 rings (SSSR count). The Labute approximate surface area is 111 Å².